The van der Waals surface area contributed by atoms with Crippen LogP contribution in [-0.2, 0) is 34.1 Å². The molecule has 0 saturated carbocycles. The molecule has 0 unspecified atom stereocenters. The Balaban J connectivity index is 0. The average Bonchev–Trinajstić information content (AvgIpc) is 1.36. The number of hydrogen-bond acceptors (Lipinski definition) is 5. The normalized spacial score (nSPS) is 9.14. The predicted octanol–water partition coefficient (Wildman–Crippen LogP) is -1.46. The molecule has 0 saturated heterocycles. The molecule has 0 atom stereocenters. The zero-order valence-electron chi connectivity index (χ0n) is 2.95. The van der Waals surface area contributed by atoms with Gasteiger partial charge in [-0.1, -0.05) is 0 Å². The van der Waals surface area contributed by atoms with Gasteiger partial charge in [0.25, 0.3) is 0 Å². The summed E-state index contributed by atoms with van der Waals surface area (Å²) in [5.74, 6) is 0. The summed E-state index contributed by atoms with van der Waals surface area (Å²) in [6, 6.07) is 0. The van der Waals surface area contributed by atoms with E-state index in [4.69, 9.17) is 20.8 Å². The molecule has 0 N–H and O–H groups in total. The molecule has 0 heterocycles. The second-order valence-electron chi connectivity index (χ2n) is 0.408. The van der Waals surface area contributed by atoms with E-state index in [1.165, 1.54) is 0 Å². The third kappa shape index (κ3) is 831. The van der Waals surface area contributed by atoms with Crippen LogP contribution in [0.1, 0.15) is 0 Å². The van der Waals surface area contributed by atoms with Crippen LogP contribution < -0.4 is 0 Å². The Bertz CT molecular complexity index is 102. The summed E-state index contributed by atoms with van der Waals surface area (Å²) in [4.78, 5) is 0. The van der Waals surface area contributed by atoms with Gasteiger partial charge >= 0.3 is 23.7 Å². The van der Waals surface area contributed by atoms with Gasteiger partial charge in [-0.2, -0.15) is 0 Å². The van der Waals surface area contributed by atoms with Crippen molar-refractivity contribution in [2.45, 2.75) is 0 Å². The Morgan fingerprint density at radius 3 is 1.14 bits per heavy atom. The second-order valence-corrected chi connectivity index (χ2v) is 1.22. The van der Waals surface area contributed by atoms with Crippen molar-refractivity contribution in [2.75, 3.05) is 0 Å². The van der Waals surface area contributed by atoms with E-state index in [9.17, 15) is 0 Å². The van der Waals surface area contributed by atoms with Crippen LogP contribution in [0.5, 0.6) is 0 Å². The molecule has 0 aromatic carbocycles. The molecule has 5 nitrogen and oxygen atoms in total. The van der Waals surface area contributed by atoms with Crippen molar-refractivity contribution in [3.63, 3.8) is 0 Å². The van der Waals surface area contributed by atoms with Gasteiger partial charge in [0.15, 0.2) is 0 Å². The number of hydrogen-bond donors (Lipinski definition) is 0. The quantitative estimate of drug-likeness (QED) is 0.245. The first kappa shape index (κ1) is 10.4. The second kappa shape index (κ2) is 4.54. The van der Waals surface area contributed by atoms with Gasteiger partial charge in [0, 0.05) is 10.4 Å². The molecular formula is O5STi. The maximum atomic E-state index is 8.52. The van der Waals surface area contributed by atoms with Crippen LogP contribution >= 0.6 is 0 Å². The molecule has 0 aromatic rings. The molecule has 0 spiro atoms. The van der Waals surface area contributed by atoms with Crippen LogP contribution in [0.25, 0.3) is 0 Å². The van der Waals surface area contributed by atoms with E-state index in [-0.39, 0.29) is 0 Å². The predicted molar refractivity (Wildman–Crippen MR) is 11.2 cm³/mol. The first-order valence-corrected chi connectivity index (χ1v) is 2.84. The zero-order chi connectivity index (χ0) is 6.50. The van der Waals surface area contributed by atoms with Gasteiger partial charge in [-0.3, -0.25) is 8.42 Å². The van der Waals surface area contributed by atoms with Gasteiger partial charge in [0.1, 0.15) is 0 Å². The van der Waals surface area contributed by atoms with Crippen molar-refractivity contribution in [2.24, 2.45) is 0 Å². The summed E-state index contributed by atoms with van der Waals surface area (Å²) < 4.78 is 42.3. The van der Waals surface area contributed by atoms with Crippen molar-refractivity contribution in [3.8, 4) is 0 Å². The van der Waals surface area contributed by atoms with Crippen LogP contribution in [0.3, 0.4) is 0 Å². The summed E-state index contributed by atoms with van der Waals surface area (Å²) in [5.41, 5.74) is 0. The van der Waals surface area contributed by atoms with Gasteiger partial charge in [-0.15, -0.1) is 0 Å². The Morgan fingerprint density at radius 1 is 1.14 bits per heavy atom. The van der Waals surface area contributed by atoms with E-state index in [0.29, 0.717) is 0 Å². The third-order valence-corrected chi connectivity index (χ3v) is 0. The summed E-state index contributed by atoms with van der Waals surface area (Å²) >= 11 is 0.750. The molecule has 0 aliphatic heterocycles. The maximum absolute atomic E-state index is 8.52. The topological polar surface area (TPSA) is 97.3 Å². The molecule has 0 radical (unpaired) electrons. The van der Waals surface area contributed by atoms with Crippen molar-refractivity contribution >= 4 is 10.4 Å². The van der Waals surface area contributed by atoms with Crippen molar-refractivity contribution in [1.29, 1.82) is 0 Å². The summed E-state index contributed by atoms with van der Waals surface area (Å²) in [7, 11) is -5.17. The molecule has 0 bridgehead atoms. The summed E-state index contributed by atoms with van der Waals surface area (Å²) in [5, 5.41) is 0. The fraction of sp³-hybridized carbons (Fsp3) is 0. The van der Waals surface area contributed by atoms with Gasteiger partial charge in [-0.05, 0) is 0 Å². The average molecular weight is 160 g/mol. The van der Waals surface area contributed by atoms with Gasteiger partial charge in [-0.25, -0.2) is 0 Å². The fourth-order valence-electron chi connectivity index (χ4n) is 0. The van der Waals surface area contributed by atoms with Crippen LogP contribution in [0.15, 0.2) is 0 Å². The van der Waals surface area contributed by atoms with Crippen LogP contribution in [-0.4, -0.2) is 17.5 Å². The molecule has 0 aromatic heterocycles. The van der Waals surface area contributed by atoms with Crippen LogP contribution in [0, 0.1) is 0 Å². The molecule has 7 heavy (non-hydrogen) atoms. The zero-order valence-corrected chi connectivity index (χ0v) is 5.33. The SMILES string of the molecule is O=S(=O)([O-])[O-].[O]=[Ti+2]. The van der Waals surface area contributed by atoms with Crippen molar-refractivity contribution in [3.05, 3.63) is 0 Å². The molecular weight excluding hydrogens is 160 g/mol. The van der Waals surface area contributed by atoms with E-state index in [1.807, 2.05) is 0 Å². The molecule has 0 rings (SSSR count). The number of rotatable bonds is 0. The third-order valence-electron chi connectivity index (χ3n) is 0. The fourth-order valence-corrected chi connectivity index (χ4v) is 0. The summed E-state index contributed by atoms with van der Waals surface area (Å²) in [6.07, 6.45) is 0. The first-order chi connectivity index (χ1) is 3.00. The minimum absolute atomic E-state index is 0.750. The van der Waals surface area contributed by atoms with E-state index >= 15 is 0 Å². The Morgan fingerprint density at radius 2 is 1.14 bits per heavy atom. The molecule has 0 aliphatic carbocycles. The molecule has 0 amide bonds. The first-order valence-electron chi connectivity index (χ1n) is 0.871. The molecule has 40 valence electrons. The van der Waals surface area contributed by atoms with Crippen molar-refractivity contribution < 1.29 is 41.3 Å². The molecule has 0 fully saturated rings. The van der Waals surface area contributed by atoms with E-state index in [0.717, 1.165) is 20.4 Å². The molecule has 7 heteroatoms. The minimum atomic E-state index is -5.17. The summed E-state index contributed by atoms with van der Waals surface area (Å²) in [6.45, 7) is 0. The van der Waals surface area contributed by atoms with Gasteiger partial charge in [0.2, 0.25) is 0 Å². The Kier molecular flexibility index (Phi) is 6.73. The van der Waals surface area contributed by atoms with Crippen LogP contribution in [0.2, 0.25) is 0 Å². The van der Waals surface area contributed by atoms with E-state index in [2.05, 4.69) is 0 Å². The van der Waals surface area contributed by atoms with Crippen LogP contribution in [0.4, 0.5) is 0 Å². The monoisotopic (exact) mass is 160 g/mol. The van der Waals surface area contributed by atoms with Crippen molar-refractivity contribution in [1.82, 2.24) is 0 Å². The van der Waals surface area contributed by atoms with Gasteiger partial charge in [0.05, 0.1) is 0 Å². The van der Waals surface area contributed by atoms with E-state index < -0.39 is 10.4 Å². The molecule has 0 aliphatic rings. The Hall–Kier alpha value is 0.384. The van der Waals surface area contributed by atoms with E-state index in [1.54, 1.807) is 0 Å². The van der Waals surface area contributed by atoms with Gasteiger partial charge < -0.3 is 9.11 Å². The Labute approximate surface area is 52.0 Å². The standard InChI is InChI=1S/H2O4S.O.Ti/c1-5(2,3)4;;/h(H2,1,2,3,4);;/q;;+2/p-2.